The fourth-order valence-corrected chi connectivity index (χ4v) is 3.07. The molecule has 1 rings (SSSR count). The van der Waals surface area contributed by atoms with Crippen molar-refractivity contribution in [2.24, 2.45) is 5.41 Å². The molecular formula is C11H17BrN2O3S. The van der Waals surface area contributed by atoms with E-state index >= 15 is 0 Å². The first-order chi connectivity index (χ1) is 8.18. The van der Waals surface area contributed by atoms with Gasteiger partial charge in [0.15, 0.2) is 0 Å². The van der Waals surface area contributed by atoms with Crippen molar-refractivity contribution in [2.75, 3.05) is 18.9 Å². The molecule has 0 aliphatic rings. The van der Waals surface area contributed by atoms with E-state index in [0.29, 0.717) is 4.47 Å². The van der Waals surface area contributed by atoms with Crippen molar-refractivity contribution in [1.29, 1.82) is 0 Å². The molecule has 18 heavy (non-hydrogen) atoms. The summed E-state index contributed by atoms with van der Waals surface area (Å²) in [7, 11) is -3.67. The second-order valence-electron chi connectivity index (χ2n) is 4.83. The number of sulfonamides is 1. The van der Waals surface area contributed by atoms with Crippen molar-refractivity contribution in [3.63, 3.8) is 0 Å². The topological polar surface area (TPSA) is 92.4 Å². The molecule has 0 amide bonds. The molecule has 0 aliphatic heterocycles. The van der Waals surface area contributed by atoms with E-state index in [1.54, 1.807) is 19.9 Å². The van der Waals surface area contributed by atoms with Gasteiger partial charge in [0, 0.05) is 23.0 Å². The van der Waals surface area contributed by atoms with E-state index < -0.39 is 15.4 Å². The highest BCUT2D eigenvalue weighted by molar-refractivity contribution is 9.10. The average molecular weight is 337 g/mol. The molecule has 0 atom stereocenters. The van der Waals surface area contributed by atoms with Crippen LogP contribution in [0.15, 0.2) is 27.6 Å². The highest BCUT2D eigenvalue weighted by Gasteiger charge is 2.23. The van der Waals surface area contributed by atoms with Crippen molar-refractivity contribution < 1.29 is 13.5 Å². The summed E-state index contributed by atoms with van der Waals surface area (Å²) >= 11 is 3.21. The third-order valence-corrected chi connectivity index (χ3v) is 4.38. The van der Waals surface area contributed by atoms with E-state index in [1.807, 2.05) is 0 Å². The second-order valence-corrected chi connectivity index (χ2v) is 7.48. The Morgan fingerprint density at radius 2 is 2.06 bits per heavy atom. The number of nitrogens with one attached hydrogen (secondary N) is 1. The van der Waals surface area contributed by atoms with Gasteiger partial charge in [-0.1, -0.05) is 29.8 Å². The van der Waals surface area contributed by atoms with Crippen molar-refractivity contribution >= 4 is 31.6 Å². The second kappa shape index (κ2) is 5.56. The van der Waals surface area contributed by atoms with Crippen LogP contribution in [-0.4, -0.2) is 26.7 Å². The van der Waals surface area contributed by atoms with Crippen LogP contribution in [0, 0.1) is 5.41 Å². The summed E-state index contributed by atoms with van der Waals surface area (Å²) in [5, 5.41) is 9.09. The number of benzene rings is 1. The molecule has 0 heterocycles. The van der Waals surface area contributed by atoms with Crippen LogP contribution in [0.5, 0.6) is 0 Å². The zero-order valence-corrected chi connectivity index (χ0v) is 12.7. The average Bonchev–Trinajstić information content (AvgIpc) is 2.30. The Hall–Kier alpha value is -0.630. The summed E-state index contributed by atoms with van der Waals surface area (Å²) in [6.45, 7) is 3.56. The van der Waals surface area contributed by atoms with E-state index in [2.05, 4.69) is 20.7 Å². The molecule has 102 valence electrons. The Morgan fingerprint density at radius 1 is 1.44 bits per heavy atom. The number of anilines is 1. The lowest BCUT2D eigenvalue weighted by atomic mass is 9.96. The number of nitrogens with two attached hydrogens (primary N) is 1. The minimum Gasteiger partial charge on any atom is -0.398 e. The van der Waals surface area contributed by atoms with Crippen LogP contribution in [0.2, 0.25) is 0 Å². The number of hydrogen-bond acceptors (Lipinski definition) is 4. The van der Waals surface area contributed by atoms with Crippen LogP contribution in [0.25, 0.3) is 0 Å². The zero-order valence-electron chi connectivity index (χ0n) is 10.3. The van der Waals surface area contributed by atoms with Crippen molar-refractivity contribution in [3.05, 3.63) is 22.7 Å². The monoisotopic (exact) mass is 336 g/mol. The van der Waals surface area contributed by atoms with Gasteiger partial charge < -0.3 is 10.8 Å². The quantitative estimate of drug-likeness (QED) is 0.707. The van der Waals surface area contributed by atoms with Gasteiger partial charge in [-0.15, -0.1) is 0 Å². The van der Waals surface area contributed by atoms with E-state index in [9.17, 15) is 8.42 Å². The van der Waals surface area contributed by atoms with E-state index in [0.717, 1.165) is 0 Å². The highest BCUT2D eigenvalue weighted by Crippen LogP contribution is 2.23. The maximum absolute atomic E-state index is 12.1. The number of halogens is 1. The Balaban J connectivity index is 2.97. The van der Waals surface area contributed by atoms with Gasteiger partial charge in [-0.2, -0.15) is 0 Å². The molecule has 0 spiro atoms. The molecule has 0 bridgehead atoms. The minimum absolute atomic E-state index is 0.0330. The summed E-state index contributed by atoms with van der Waals surface area (Å²) in [6, 6.07) is 4.64. The summed E-state index contributed by atoms with van der Waals surface area (Å²) < 4.78 is 27.2. The van der Waals surface area contributed by atoms with Gasteiger partial charge in [0.25, 0.3) is 0 Å². The largest absolute Gasteiger partial charge is 0.398 e. The molecule has 0 fully saturated rings. The third-order valence-electron chi connectivity index (χ3n) is 2.43. The van der Waals surface area contributed by atoms with Gasteiger partial charge in [0.2, 0.25) is 10.0 Å². The van der Waals surface area contributed by atoms with Gasteiger partial charge in [-0.3, -0.25) is 0 Å². The molecule has 0 unspecified atom stereocenters. The lowest BCUT2D eigenvalue weighted by molar-refractivity contribution is 0.163. The number of aliphatic hydroxyl groups is 1. The standard InChI is InChI=1S/C11H17BrN2O3S/c1-11(2,7-15)6-14-18(16,17)10-5-8(12)3-4-9(10)13/h3-5,14-15H,6-7,13H2,1-2H3. The molecule has 5 nitrogen and oxygen atoms in total. The van der Waals surface area contributed by atoms with Crippen LogP contribution < -0.4 is 10.5 Å². The van der Waals surface area contributed by atoms with E-state index in [1.165, 1.54) is 12.1 Å². The Labute approximate surface area is 116 Å². The molecule has 0 radical (unpaired) electrons. The first-order valence-electron chi connectivity index (χ1n) is 5.33. The van der Waals surface area contributed by atoms with Crippen LogP contribution >= 0.6 is 15.9 Å². The molecule has 0 aliphatic carbocycles. The molecule has 4 N–H and O–H groups in total. The number of rotatable bonds is 5. The predicted molar refractivity (Wildman–Crippen MR) is 74.6 cm³/mol. The fraction of sp³-hybridized carbons (Fsp3) is 0.455. The summed E-state index contributed by atoms with van der Waals surface area (Å²) in [6.07, 6.45) is 0. The SMILES string of the molecule is CC(C)(CO)CNS(=O)(=O)c1cc(Br)ccc1N. The molecular weight excluding hydrogens is 320 g/mol. The maximum Gasteiger partial charge on any atom is 0.242 e. The lowest BCUT2D eigenvalue weighted by Gasteiger charge is -2.22. The first-order valence-corrected chi connectivity index (χ1v) is 7.61. The highest BCUT2D eigenvalue weighted by atomic mass is 79.9. The van der Waals surface area contributed by atoms with E-state index in [-0.39, 0.29) is 23.7 Å². The number of hydrogen-bond donors (Lipinski definition) is 3. The smallest absolute Gasteiger partial charge is 0.242 e. The van der Waals surface area contributed by atoms with Gasteiger partial charge >= 0.3 is 0 Å². The molecule has 0 aromatic heterocycles. The van der Waals surface area contributed by atoms with Gasteiger partial charge in [-0.05, 0) is 18.2 Å². The molecule has 0 saturated carbocycles. The van der Waals surface area contributed by atoms with Crippen molar-refractivity contribution in [1.82, 2.24) is 4.72 Å². The molecule has 7 heteroatoms. The number of aliphatic hydroxyl groups excluding tert-OH is 1. The van der Waals surface area contributed by atoms with Gasteiger partial charge in [-0.25, -0.2) is 13.1 Å². The molecule has 1 aromatic carbocycles. The molecule has 0 saturated heterocycles. The number of nitrogen functional groups attached to an aromatic ring is 1. The zero-order chi connectivity index (χ0) is 14.0. The Bertz CT molecular complexity index is 529. The van der Waals surface area contributed by atoms with Crippen LogP contribution in [0.4, 0.5) is 5.69 Å². The van der Waals surface area contributed by atoms with E-state index in [4.69, 9.17) is 10.8 Å². The van der Waals surface area contributed by atoms with Crippen LogP contribution in [0.1, 0.15) is 13.8 Å². The van der Waals surface area contributed by atoms with Crippen LogP contribution in [0.3, 0.4) is 0 Å². The summed E-state index contributed by atoms with van der Waals surface area (Å²) in [5.74, 6) is 0. The normalized spacial score (nSPS) is 12.7. The van der Waals surface area contributed by atoms with Crippen LogP contribution in [-0.2, 0) is 10.0 Å². The van der Waals surface area contributed by atoms with Gasteiger partial charge in [0.1, 0.15) is 4.90 Å². The third kappa shape index (κ3) is 3.94. The lowest BCUT2D eigenvalue weighted by Crippen LogP contribution is -2.36. The first kappa shape index (κ1) is 15.4. The Morgan fingerprint density at radius 3 is 2.61 bits per heavy atom. The van der Waals surface area contributed by atoms with Crippen molar-refractivity contribution in [3.8, 4) is 0 Å². The Kier molecular flexibility index (Phi) is 4.77. The fourth-order valence-electron chi connectivity index (χ4n) is 1.16. The molecule has 1 aromatic rings. The van der Waals surface area contributed by atoms with Gasteiger partial charge in [0.05, 0.1) is 5.69 Å². The summed E-state index contributed by atoms with van der Waals surface area (Å²) in [4.78, 5) is 0.0330. The maximum atomic E-state index is 12.1. The van der Waals surface area contributed by atoms with Crippen molar-refractivity contribution in [2.45, 2.75) is 18.7 Å². The predicted octanol–water partition coefficient (Wildman–Crippen LogP) is 1.33. The minimum atomic E-state index is -3.67. The summed E-state index contributed by atoms with van der Waals surface area (Å²) in [5.41, 5.74) is 5.33.